The zero-order valence-corrected chi connectivity index (χ0v) is 11.6. The van der Waals surface area contributed by atoms with Crippen molar-refractivity contribution >= 4 is 27.5 Å². The molecular weight excluding hydrogens is 321 g/mol. The van der Waals surface area contributed by atoms with E-state index < -0.39 is 0 Å². The molecule has 0 bridgehead atoms. The maximum Gasteiger partial charge on any atom is 0.131 e. The van der Waals surface area contributed by atoms with Crippen LogP contribution in [0.4, 0.5) is 4.39 Å². The molecule has 0 spiro atoms. The van der Waals surface area contributed by atoms with Gasteiger partial charge in [0.2, 0.25) is 0 Å². The quantitative estimate of drug-likeness (QED) is 0.899. The second-order valence-electron chi connectivity index (χ2n) is 3.66. The van der Waals surface area contributed by atoms with E-state index in [9.17, 15) is 4.39 Å². The summed E-state index contributed by atoms with van der Waals surface area (Å²) in [5, 5.41) is 0.533. The van der Waals surface area contributed by atoms with E-state index in [0.29, 0.717) is 27.5 Å². The second-order valence-corrected chi connectivity index (χ2v) is 4.99. The Balaban J connectivity index is 2.25. The molecule has 0 atom stereocenters. The van der Waals surface area contributed by atoms with Gasteiger partial charge in [-0.3, -0.25) is 0 Å². The fraction of sp³-hybridized carbons (Fsp3) is 0.0769. The van der Waals surface area contributed by atoms with E-state index in [2.05, 4.69) is 15.9 Å². The van der Waals surface area contributed by atoms with Crippen LogP contribution >= 0.6 is 27.5 Å². The highest BCUT2D eigenvalue weighted by Gasteiger charge is 2.04. The lowest BCUT2D eigenvalue weighted by atomic mass is 10.2. The van der Waals surface area contributed by atoms with Gasteiger partial charge in [0.1, 0.15) is 17.3 Å². The number of benzene rings is 2. The highest BCUT2D eigenvalue weighted by atomic mass is 79.9. The average molecular weight is 331 g/mol. The largest absolute Gasteiger partial charge is 0.457 e. The van der Waals surface area contributed by atoms with Gasteiger partial charge in [0.25, 0.3) is 0 Å². The smallest absolute Gasteiger partial charge is 0.131 e. The molecule has 0 saturated carbocycles. The van der Waals surface area contributed by atoms with Gasteiger partial charge in [-0.25, -0.2) is 4.39 Å². The van der Waals surface area contributed by atoms with E-state index in [1.807, 2.05) is 0 Å². The number of hydrogen-bond donors (Lipinski definition) is 1. The molecule has 5 heteroatoms. The lowest BCUT2D eigenvalue weighted by Crippen LogP contribution is -1.97. The number of rotatable bonds is 3. The molecule has 0 unspecified atom stereocenters. The lowest BCUT2D eigenvalue weighted by molar-refractivity contribution is 0.476. The summed E-state index contributed by atoms with van der Waals surface area (Å²) in [6.07, 6.45) is 0. The SMILES string of the molecule is NCc1ccc(Oc2cc(F)cc(Br)c2)cc1Cl. The summed E-state index contributed by atoms with van der Waals surface area (Å²) < 4.78 is 19.3. The fourth-order valence-corrected chi connectivity index (χ4v) is 2.17. The van der Waals surface area contributed by atoms with Crippen molar-refractivity contribution in [3.05, 3.63) is 57.3 Å². The first-order valence-electron chi connectivity index (χ1n) is 5.21. The fourth-order valence-electron chi connectivity index (χ4n) is 1.48. The number of nitrogens with two attached hydrogens (primary N) is 1. The Kier molecular flexibility index (Phi) is 4.22. The molecule has 0 radical (unpaired) electrons. The maximum absolute atomic E-state index is 13.2. The Hall–Kier alpha value is -1.10. The highest BCUT2D eigenvalue weighted by molar-refractivity contribution is 9.10. The Morgan fingerprint density at radius 2 is 1.94 bits per heavy atom. The summed E-state index contributed by atoms with van der Waals surface area (Å²) >= 11 is 9.22. The molecule has 2 N–H and O–H groups in total. The zero-order chi connectivity index (χ0) is 13.1. The molecule has 0 amide bonds. The van der Waals surface area contributed by atoms with Crippen molar-refractivity contribution in [2.45, 2.75) is 6.54 Å². The third-order valence-corrected chi connectivity index (χ3v) is 3.13. The Labute approximate surface area is 118 Å². The predicted octanol–water partition coefficient (Wildman–Crippen LogP) is 4.49. The lowest BCUT2D eigenvalue weighted by Gasteiger charge is -2.08. The summed E-state index contributed by atoms with van der Waals surface area (Å²) in [5.74, 6) is 0.567. The van der Waals surface area contributed by atoms with Crippen LogP contribution in [0.25, 0.3) is 0 Å². The Morgan fingerprint density at radius 3 is 2.56 bits per heavy atom. The molecule has 0 heterocycles. The van der Waals surface area contributed by atoms with Crippen molar-refractivity contribution in [1.29, 1.82) is 0 Å². The third kappa shape index (κ3) is 3.22. The van der Waals surface area contributed by atoms with E-state index in [4.69, 9.17) is 22.1 Å². The van der Waals surface area contributed by atoms with E-state index in [1.165, 1.54) is 12.1 Å². The van der Waals surface area contributed by atoms with Crippen molar-refractivity contribution < 1.29 is 9.13 Å². The summed E-state index contributed by atoms with van der Waals surface area (Å²) in [6.45, 7) is 0.366. The van der Waals surface area contributed by atoms with Crippen LogP contribution in [0.1, 0.15) is 5.56 Å². The zero-order valence-electron chi connectivity index (χ0n) is 9.29. The van der Waals surface area contributed by atoms with Crippen LogP contribution in [0.3, 0.4) is 0 Å². The number of halogens is 3. The minimum Gasteiger partial charge on any atom is -0.457 e. The molecule has 18 heavy (non-hydrogen) atoms. The van der Waals surface area contributed by atoms with Crippen LogP contribution in [0.15, 0.2) is 40.9 Å². The van der Waals surface area contributed by atoms with Crippen LogP contribution in [0.2, 0.25) is 5.02 Å². The number of ether oxygens (including phenoxy) is 1. The van der Waals surface area contributed by atoms with Crippen molar-refractivity contribution in [3.8, 4) is 11.5 Å². The molecule has 0 fully saturated rings. The highest BCUT2D eigenvalue weighted by Crippen LogP contribution is 2.28. The second kappa shape index (κ2) is 5.69. The van der Waals surface area contributed by atoms with Gasteiger partial charge in [-0.05, 0) is 29.8 Å². The number of hydrogen-bond acceptors (Lipinski definition) is 2. The molecule has 0 aromatic heterocycles. The van der Waals surface area contributed by atoms with Crippen LogP contribution < -0.4 is 10.5 Å². The van der Waals surface area contributed by atoms with Gasteiger partial charge in [-0.2, -0.15) is 0 Å². The summed E-state index contributed by atoms with van der Waals surface area (Å²) in [4.78, 5) is 0. The normalized spacial score (nSPS) is 10.4. The molecule has 0 aliphatic carbocycles. The average Bonchev–Trinajstić information content (AvgIpc) is 2.27. The molecule has 2 aromatic carbocycles. The van der Waals surface area contributed by atoms with E-state index >= 15 is 0 Å². The predicted molar refractivity (Wildman–Crippen MR) is 73.5 cm³/mol. The van der Waals surface area contributed by atoms with Crippen LogP contribution in [0.5, 0.6) is 11.5 Å². The Bertz CT molecular complexity index is 557. The molecule has 0 aliphatic heterocycles. The molecule has 0 aliphatic rings. The minimum absolute atomic E-state index is 0.366. The first kappa shape index (κ1) is 13.3. The first-order valence-corrected chi connectivity index (χ1v) is 6.38. The van der Waals surface area contributed by atoms with Gasteiger partial charge >= 0.3 is 0 Å². The van der Waals surface area contributed by atoms with E-state index in [0.717, 1.165) is 5.56 Å². The summed E-state index contributed by atoms with van der Waals surface area (Å²) in [5.41, 5.74) is 6.35. The van der Waals surface area contributed by atoms with Crippen molar-refractivity contribution in [2.75, 3.05) is 0 Å². The van der Waals surface area contributed by atoms with Gasteiger partial charge in [-0.15, -0.1) is 0 Å². The minimum atomic E-state index is -0.371. The molecule has 2 aromatic rings. The van der Waals surface area contributed by atoms with Crippen molar-refractivity contribution in [2.24, 2.45) is 5.73 Å². The van der Waals surface area contributed by atoms with Crippen LogP contribution in [-0.4, -0.2) is 0 Å². The van der Waals surface area contributed by atoms with Gasteiger partial charge in [0.15, 0.2) is 0 Å². The van der Waals surface area contributed by atoms with Crippen LogP contribution in [0, 0.1) is 5.82 Å². The molecule has 2 rings (SSSR count). The molecular formula is C13H10BrClFNO. The summed E-state index contributed by atoms with van der Waals surface area (Å²) in [7, 11) is 0. The van der Waals surface area contributed by atoms with Crippen molar-refractivity contribution in [1.82, 2.24) is 0 Å². The first-order chi connectivity index (χ1) is 8.58. The van der Waals surface area contributed by atoms with E-state index in [1.54, 1.807) is 24.3 Å². The van der Waals surface area contributed by atoms with Crippen LogP contribution in [-0.2, 0) is 6.54 Å². The third-order valence-electron chi connectivity index (χ3n) is 2.32. The molecule has 2 nitrogen and oxygen atoms in total. The van der Waals surface area contributed by atoms with Crippen molar-refractivity contribution in [3.63, 3.8) is 0 Å². The van der Waals surface area contributed by atoms with Gasteiger partial charge in [0, 0.05) is 22.1 Å². The van der Waals surface area contributed by atoms with Gasteiger partial charge < -0.3 is 10.5 Å². The summed E-state index contributed by atoms with van der Waals surface area (Å²) in [6, 6.07) is 9.52. The maximum atomic E-state index is 13.2. The standard InChI is InChI=1S/C13H10BrClFNO/c14-9-3-10(16)5-12(4-9)18-11-2-1-8(7-17)13(15)6-11/h1-6H,7,17H2. The Morgan fingerprint density at radius 1 is 1.17 bits per heavy atom. The van der Waals surface area contributed by atoms with Gasteiger partial charge in [0.05, 0.1) is 0 Å². The monoisotopic (exact) mass is 329 g/mol. The topological polar surface area (TPSA) is 35.2 Å². The molecule has 94 valence electrons. The molecule has 0 saturated heterocycles. The van der Waals surface area contributed by atoms with E-state index in [-0.39, 0.29) is 5.82 Å². The van der Waals surface area contributed by atoms with Gasteiger partial charge in [-0.1, -0.05) is 33.6 Å².